The zero-order chi connectivity index (χ0) is 11.0. The Morgan fingerprint density at radius 1 is 1.25 bits per heavy atom. The molecule has 2 atom stereocenters. The van der Waals surface area contributed by atoms with E-state index in [1.165, 1.54) is 44.5 Å². The molecule has 2 fully saturated rings. The Kier molecular flexibility index (Phi) is 2.72. The number of aryl methyl sites for hydroxylation is 1. The Balaban J connectivity index is 1.50. The lowest BCUT2D eigenvalue weighted by Gasteiger charge is -2.16. The zero-order valence-corrected chi connectivity index (χ0v) is 10.1. The Morgan fingerprint density at radius 3 is 2.62 bits per heavy atom. The van der Waals surface area contributed by atoms with Gasteiger partial charge in [0.1, 0.15) is 0 Å². The lowest BCUT2D eigenvalue weighted by Crippen LogP contribution is -2.26. The number of rotatable bonds is 3. The van der Waals surface area contributed by atoms with E-state index in [1.54, 1.807) is 0 Å². The van der Waals surface area contributed by atoms with E-state index < -0.39 is 0 Å². The van der Waals surface area contributed by atoms with E-state index in [0.717, 1.165) is 18.4 Å². The maximum atomic E-state index is 4.34. The molecule has 1 aliphatic heterocycles. The molecule has 1 saturated heterocycles. The maximum absolute atomic E-state index is 4.34. The van der Waals surface area contributed by atoms with Crippen LogP contribution in [0.5, 0.6) is 0 Å². The summed E-state index contributed by atoms with van der Waals surface area (Å²) in [5, 5.41) is 4.34. The zero-order valence-electron chi connectivity index (χ0n) is 10.1. The van der Waals surface area contributed by atoms with Gasteiger partial charge in [0.2, 0.25) is 0 Å². The van der Waals surface area contributed by atoms with E-state index in [9.17, 15) is 0 Å². The highest BCUT2D eigenvalue weighted by atomic mass is 15.3. The molecule has 2 heterocycles. The van der Waals surface area contributed by atoms with Gasteiger partial charge in [-0.2, -0.15) is 5.10 Å². The average molecular weight is 219 g/mol. The number of likely N-dealkylation sites (tertiary alicyclic amines) is 1. The highest BCUT2D eigenvalue weighted by Crippen LogP contribution is 2.37. The van der Waals surface area contributed by atoms with Gasteiger partial charge in [-0.1, -0.05) is 6.42 Å². The van der Waals surface area contributed by atoms with Gasteiger partial charge in [0.25, 0.3) is 0 Å². The summed E-state index contributed by atoms with van der Waals surface area (Å²) < 4.78 is 2.07. The van der Waals surface area contributed by atoms with E-state index in [2.05, 4.69) is 27.8 Å². The van der Waals surface area contributed by atoms with Crippen molar-refractivity contribution in [3.8, 4) is 0 Å². The summed E-state index contributed by atoms with van der Waals surface area (Å²) >= 11 is 0. The number of hydrogen-bond acceptors (Lipinski definition) is 2. The van der Waals surface area contributed by atoms with Crippen LogP contribution < -0.4 is 0 Å². The first-order valence-corrected chi connectivity index (χ1v) is 6.52. The van der Waals surface area contributed by atoms with Gasteiger partial charge in [-0.15, -0.1) is 0 Å². The van der Waals surface area contributed by atoms with Crippen molar-refractivity contribution < 1.29 is 0 Å². The smallest absolute Gasteiger partial charge is 0.0536 e. The van der Waals surface area contributed by atoms with Crippen molar-refractivity contribution >= 4 is 0 Å². The van der Waals surface area contributed by atoms with Gasteiger partial charge in [-0.3, -0.25) is 4.68 Å². The van der Waals surface area contributed by atoms with Crippen molar-refractivity contribution in [2.45, 2.75) is 32.7 Å². The molecule has 1 aromatic heterocycles. The minimum absolute atomic E-state index is 1.01. The SMILES string of the molecule is Cc1cnn(CCN2CC3CCCC3C2)c1. The minimum atomic E-state index is 1.01. The fourth-order valence-corrected chi connectivity index (χ4v) is 3.35. The van der Waals surface area contributed by atoms with Gasteiger partial charge in [-0.25, -0.2) is 0 Å². The normalized spacial score (nSPS) is 29.8. The molecule has 0 spiro atoms. The lowest BCUT2D eigenvalue weighted by molar-refractivity contribution is 0.292. The predicted octanol–water partition coefficient (Wildman–Crippen LogP) is 1.92. The molecule has 0 amide bonds. The molecule has 3 nitrogen and oxygen atoms in total. The summed E-state index contributed by atoms with van der Waals surface area (Å²) in [4.78, 5) is 2.63. The number of fused-ring (bicyclic) bond motifs is 1. The third-order valence-corrected chi connectivity index (χ3v) is 4.21. The molecule has 0 N–H and O–H groups in total. The largest absolute Gasteiger partial charge is 0.301 e. The summed E-state index contributed by atoms with van der Waals surface area (Å²) in [6, 6.07) is 0. The van der Waals surface area contributed by atoms with Crippen LogP contribution in [0, 0.1) is 18.8 Å². The molecule has 1 aliphatic carbocycles. The minimum Gasteiger partial charge on any atom is -0.301 e. The quantitative estimate of drug-likeness (QED) is 0.774. The van der Waals surface area contributed by atoms with Crippen LogP contribution >= 0.6 is 0 Å². The van der Waals surface area contributed by atoms with Crippen LogP contribution in [-0.2, 0) is 6.54 Å². The second-order valence-corrected chi connectivity index (χ2v) is 5.49. The van der Waals surface area contributed by atoms with Crippen LogP contribution in [0.4, 0.5) is 0 Å². The first-order chi connectivity index (χ1) is 7.81. The highest BCUT2D eigenvalue weighted by molar-refractivity contribution is 4.99. The molecule has 0 bridgehead atoms. The van der Waals surface area contributed by atoms with E-state index in [1.807, 2.05) is 6.20 Å². The van der Waals surface area contributed by atoms with E-state index in [-0.39, 0.29) is 0 Å². The van der Waals surface area contributed by atoms with Crippen molar-refractivity contribution in [3.05, 3.63) is 18.0 Å². The molecular formula is C13H21N3. The van der Waals surface area contributed by atoms with Gasteiger partial charge in [-0.05, 0) is 37.2 Å². The van der Waals surface area contributed by atoms with Gasteiger partial charge >= 0.3 is 0 Å². The molecule has 2 aliphatic rings. The second-order valence-electron chi connectivity index (χ2n) is 5.49. The molecular weight excluding hydrogens is 198 g/mol. The van der Waals surface area contributed by atoms with E-state index in [0.29, 0.717) is 0 Å². The van der Waals surface area contributed by atoms with Crippen molar-refractivity contribution in [2.75, 3.05) is 19.6 Å². The lowest BCUT2D eigenvalue weighted by atomic mass is 10.0. The first-order valence-electron chi connectivity index (χ1n) is 6.52. The third kappa shape index (κ3) is 2.01. The molecule has 3 rings (SSSR count). The Morgan fingerprint density at radius 2 is 2.00 bits per heavy atom. The molecule has 0 radical (unpaired) electrons. The second kappa shape index (κ2) is 4.21. The average Bonchev–Trinajstić information content (AvgIpc) is 2.89. The fourth-order valence-electron chi connectivity index (χ4n) is 3.35. The van der Waals surface area contributed by atoms with Crippen molar-refractivity contribution in [2.24, 2.45) is 11.8 Å². The summed E-state index contributed by atoms with van der Waals surface area (Å²) in [7, 11) is 0. The standard InChI is InChI=1S/C13H21N3/c1-11-7-14-16(8-11)6-5-15-9-12-3-2-4-13(12)10-15/h7-8,12-13H,2-6,9-10H2,1H3. The molecule has 1 saturated carbocycles. The first kappa shape index (κ1) is 10.3. The fraction of sp³-hybridized carbons (Fsp3) is 0.769. The van der Waals surface area contributed by atoms with Crippen LogP contribution in [0.3, 0.4) is 0 Å². The summed E-state index contributed by atoms with van der Waals surface area (Å²) in [6.45, 7) is 7.00. The molecule has 16 heavy (non-hydrogen) atoms. The Hall–Kier alpha value is -0.830. The molecule has 3 heteroatoms. The van der Waals surface area contributed by atoms with Crippen LogP contribution in [0.1, 0.15) is 24.8 Å². The van der Waals surface area contributed by atoms with Crippen molar-refractivity contribution in [1.82, 2.24) is 14.7 Å². The van der Waals surface area contributed by atoms with Gasteiger partial charge in [0.05, 0.1) is 12.7 Å². The molecule has 88 valence electrons. The Bertz CT molecular complexity index is 346. The summed E-state index contributed by atoms with van der Waals surface area (Å²) in [5.41, 5.74) is 1.26. The number of nitrogens with zero attached hydrogens (tertiary/aromatic N) is 3. The maximum Gasteiger partial charge on any atom is 0.0536 e. The van der Waals surface area contributed by atoms with Crippen LogP contribution in [0.15, 0.2) is 12.4 Å². The predicted molar refractivity (Wildman–Crippen MR) is 64.2 cm³/mol. The van der Waals surface area contributed by atoms with Gasteiger partial charge in [0, 0.05) is 25.8 Å². The third-order valence-electron chi connectivity index (χ3n) is 4.21. The highest BCUT2D eigenvalue weighted by Gasteiger charge is 2.35. The molecule has 2 unspecified atom stereocenters. The Labute approximate surface area is 97.4 Å². The summed E-state index contributed by atoms with van der Waals surface area (Å²) in [6.07, 6.45) is 8.50. The van der Waals surface area contributed by atoms with E-state index in [4.69, 9.17) is 0 Å². The van der Waals surface area contributed by atoms with Gasteiger partial charge < -0.3 is 4.90 Å². The summed E-state index contributed by atoms with van der Waals surface area (Å²) in [5.74, 6) is 2.03. The van der Waals surface area contributed by atoms with Crippen LogP contribution in [0.25, 0.3) is 0 Å². The number of aromatic nitrogens is 2. The molecule has 1 aromatic rings. The van der Waals surface area contributed by atoms with Crippen LogP contribution in [-0.4, -0.2) is 34.3 Å². The van der Waals surface area contributed by atoms with Crippen molar-refractivity contribution in [1.29, 1.82) is 0 Å². The monoisotopic (exact) mass is 219 g/mol. The number of hydrogen-bond donors (Lipinski definition) is 0. The topological polar surface area (TPSA) is 21.1 Å². The van der Waals surface area contributed by atoms with Gasteiger partial charge in [0.15, 0.2) is 0 Å². The van der Waals surface area contributed by atoms with Crippen LogP contribution in [0.2, 0.25) is 0 Å². The van der Waals surface area contributed by atoms with Crippen molar-refractivity contribution in [3.63, 3.8) is 0 Å². The van der Waals surface area contributed by atoms with E-state index >= 15 is 0 Å². The molecule has 0 aromatic carbocycles.